The third-order valence-electron chi connectivity index (χ3n) is 3.95. The number of ether oxygens (including phenoxy) is 2. The van der Waals surface area contributed by atoms with Crippen molar-refractivity contribution < 1.29 is 14.3 Å². The fourth-order valence-electron chi connectivity index (χ4n) is 2.76. The lowest BCUT2D eigenvalue weighted by Crippen LogP contribution is -2.40. The first-order valence-corrected chi connectivity index (χ1v) is 7.82. The molecule has 0 saturated carbocycles. The Balaban J connectivity index is 1.45. The van der Waals surface area contributed by atoms with Gasteiger partial charge in [0.05, 0.1) is 17.6 Å². The van der Waals surface area contributed by atoms with Gasteiger partial charge in [0.25, 0.3) is 5.91 Å². The molecule has 1 N–H and O–H groups in total. The van der Waals surface area contributed by atoms with Crippen molar-refractivity contribution in [2.24, 2.45) is 0 Å². The number of para-hydroxylation sites is 3. The standard InChI is InChI=1S/C19H16N2O3/c22-19(15-9-10-20-16-6-2-1-5-14(15)16)21-11-13-12-23-17-7-3-4-8-18(17)24-13/h1-10,13H,11-12H2,(H,21,22). The quantitative estimate of drug-likeness (QED) is 0.806. The summed E-state index contributed by atoms with van der Waals surface area (Å²) in [7, 11) is 0. The van der Waals surface area contributed by atoms with E-state index in [0.29, 0.717) is 24.5 Å². The number of aromatic nitrogens is 1. The SMILES string of the molecule is O=C(NCC1COc2ccccc2O1)c1ccnc2ccccc12. The minimum atomic E-state index is -0.211. The first kappa shape index (κ1) is 14.5. The second-order valence-electron chi connectivity index (χ2n) is 5.58. The molecular weight excluding hydrogens is 304 g/mol. The molecule has 1 aromatic heterocycles. The van der Waals surface area contributed by atoms with Gasteiger partial charge in [0.2, 0.25) is 0 Å². The summed E-state index contributed by atoms with van der Waals surface area (Å²) in [6.07, 6.45) is 1.44. The molecule has 24 heavy (non-hydrogen) atoms. The number of carbonyl (C=O) groups excluding carboxylic acids is 1. The predicted molar refractivity (Wildman–Crippen MR) is 90.4 cm³/mol. The average molecular weight is 320 g/mol. The average Bonchev–Trinajstić information content (AvgIpc) is 2.65. The van der Waals surface area contributed by atoms with E-state index in [4.69, 9.17) is 9.47 Å². The zero-order valence-corrected chi connectivity index (χ0v) is 12.9. The van der Waals surface area contributed by atoms with Gasteiger partial charge < -0.3 is 14.8 Å². The van der Waals surface area contributed by atoms with E-state index in [1.54, 1.807) is 12.3 Å². The van der Waals surface area contributed by atoms with Crippen molar-refractivity contribution >= 4 is 16.8 Å². The molecule has 4 rings (SSSR count). The van der Waals surface area contributed by atoms with Crippen LogP contribution in [0.15, 0.2) is 60.8 Å². The zero-order chi connectivity index (χ0) is 16.4. The van der Waals surface area contributed by atoms with Gasteiger partial charge in [-0.25, -0.2) is 0 Å². The van der Waals surface area contributed by atoms with Gasteiger partial charge in [0.1, 0.15) is 12.7 Å². The number of nitrogens with zero attached hydrogens (tertiary/aromatic N) is 1. The van der Waals surface area contributed by atoms with Crippen LogP contribution in [0.3, 0.4) is 0 Å². The Morgan fingerprint density at radius 1 is 1.08 bits per heavy atom. The molecule has 0 saturated heterocycles. The maximum atomic E-state index is 12.5. The summed E-state index contributed by atoms with van der Waals surface area (Å²) in [5.41, 5.74) is 1.41. The normalized spacial score (nSPS) is 15.9. The molecule has 1 aliphatic heterocycles. The zero-order valence-electron chi connectivity index (χ0n) is 12.9. The van der Waals surface area contributed by atoms with E-state index < -0.39 is 0 Å². The summed E-state index contributed by atoms with van der Waals surface area (Å²) in [6, 6.07) is 16.8. The molecule has 0 bridgehead atoms. The van der Waals surface area contributed by atoms with Gasteiger partial charge in [-0.1, -0.05) is 30.3 Å². The number of hydrogen-bond acceptors (Lipinski definition) is 4. The van der Waals surface area contributed by atoms with Crippen LogP contribution in [0, 0.1) is 0 Å². The van der Waals surface area contributed by atoms with E-state index >= 15 is 0 Å². The number of carbonyl (C=O) groups is 1. The molecule has 1 amide bonds. The van der Waals surface area contributed by atoms with Gasteiger partial charge in [-0.3, -0.25) is 9.78 Å². The topological polar surface area (TPSA) is 60.5 Å². The van der Waals surface area contributed by atoms with Crippen molar-refractivity contribution in [2.75, 3.05) is 13.2 Å². The largest absolute Gasteiger partial charge is 0.486 e. The summed E-state index contributed by atoms with van der Waals surface area (Å²) in [6.45, 7) is 0.790. The van der Waals surface area contributed by atoms with E-state index in [-0.39, 0.29) is 12.0 Å². The molecule has 1 unspecified atom stereocenters. The van der Waals surface area contributed by atoms with Crippen molar-refractivity contribution in [1.29, 1.82) is 0 Å². The molecular formula is C19H16N2O3. The van der Waals surface area contributed by atoms with Crippen molar-refractivity contribution in [3.05, 3.63) is 66.4 Å². The molecule has 5 nitrogen and oxygen atoms in total. The summed E-state index contributed by atoms with van der Waals surface area (Å²) in [5.74, 6) is 1.30. The van der Waals surface area contributed by atoms with Gasteiger partial charge >= 0.3 is 0 Å². The Hall–Kier alpha value is -3.08. The van der Waals surface area contributed by atoms with E-state index in [2.05, 4.69) is 10.3 Å². The predicted octanol–water partition coefficient (Wildman–Crippen LogP) is 2.80. The third kappa shape index (κ3) is 2.76. The van der Waals surface area contributed by atoms with Gasteiger partial charge in [0.15, 0.2) is 11.5 Å². The highest BCUT2D eigenvalue weighted by atomic mass is 16.6. The molecule has 2 heterocycles. The lowest BCUT2D eigenvalue weighted by atomic mass is 10.1. The Morgan fingerprint density at radius 2 is 1.88 bits per heavy atom. The smallest absolute Gasteiger partial charge is 0.252 e. The molecule has 3 aromatic rings. The number of fused-ring (bicyclic) bond motifs is 2. The number of pyridine rings is 1. The third-order valence-corrected chi connectivity index (χ3v) is 3.95. The first-order chi connectivity index (χ1) is 11.8. The highest BCUT2D eigenvalue weighted by Gasteiger charge is 2.21. The van der Waals surface area contributed by atoms with Crippen molar-refractivity contribution in [2.45, 2.75) is 6.10 Å². The summed E-state index contributed by atoms with van der Waals surface area (Å²) in [4.78, 5) is 16.8. The minimum Gasteiger partial charge on any atom is -0.486 e. The van der Waals surface area contributed by atoms with Crippen LogP contribution in [0.5, 0.6) is 11.5 Å². The fraction of sp³-hybridized carbons (Fsp3) is 0.158. The molecule has 0 fully saturated rings. The molecule has 1 aliphatic rings. The van der Waals surface area contributed by atoms with Crippen molar-refractivity contribution in [3.8, 4) is 11.5 Å². The maximum absolute atomic E-state index is 12.5. The summed E-state index contributed by atoms with van der Waals surface area (Å²) in [5, 5.41) is 3.76. The van der Waals surface area contributed by atoms with E-state index in [9.17, 15) is 4.79 Å². The van der Waals surface area contributed by atoms with Crippen LogP contribution in [-0.2, 0) is 0 Å². The van der Waals surface area contributed by atoms with Crippen LogP contribution in [0.2, 0.25) is 0 Å². The number of amides is 1. The lowest BCUT2D eigenvalue weighted by Gasteiger charge is -2.26. The van der Waals surface area contributed by atoms with E-state index in [1.165, 1.54) is 0 Å². The number of benzene rings is 2. The summed E-state index contributed by atoms with van der Waals surface area (Å²) >= 11 is 0. The Kier molecular flexibility index (Phi) is 3.75. The highest BCUT2D eigenvalue weighted by Crippen LogP contribution is 2.30. The number of rotatable bonds is 3. The van der Waals surface area contributed by atoms with Crippen LogP contribution in [0.25, 0.3) is 10.9 Å². The van der Waals surface area contributed by atoms with E-state index in [1.807, 2.05) is 48.5 Å². The van der Waals surface area contributed by atoms with Crippen LogP contribution >= 0.6 is 0 Å². The van der Waals surface area contributed by atoms with E-state index in [0.717, 1.165) is 16.7 Å². The molecule has 0 spiro atoms. The van der Waals surface area contributed by atoms with Crippen molar-refractivity contribution in [1.82, 2.24) is 10.3 Å². The first-order valence-electron chi connectivity index (χ1n) is 7.82. The molecule has 0 radical (unpaired) electrons. The van der Waals surface area contributed by atoms with Gasteiger partial charge in [-0.05, 0) is 24.3 Å². The van der Waals surface area contributed by atoms with Crippen LogP contribution in [0.1, 0.15) is 10.4 Å². The molecule has 5 heteroatoms. The maximum Gasteiger partial charge on any atom is 0.252 e. The minimum absolute atomic E-state index is 0.143. The second-order valence-corrected chi connectivity index (χ2v) is 5.58. The molecule has 1 atom stereocenters. The number of nitrogens with one attached hydrogen (secondary N) is 1. The Labute approximate surface area is 139 Å². The number of hydrogen-bond donors (Lipinski definition) is 1. The van der Waals surface area contributed by atoms with Gasteiger partial charge in [0, 0.05) is 11.6 Å². The van der Waals surface area contributed by atoms with Gasteiger partial charge in [-0.15, -0.1) is 0 Å². The fourth-order valence-corrected chi connectivity index (χ4v) is 2.76. The van der Waals surface area contributed by atoms with Crippen LogP contribution in [0.4, 0.5) is 0 Å². The van der Waals surface area contributed by atoms with Gasteiger partial charge in [-0.2, -0.15) is 0 Å². The second kappa shape index (κ2) is 6.20. The Bertz CT molecular complexity index is 889. The van der Waals surface area contributed by atoms with Crippen LogP contribution in [-0.4, -0.2) is 30.1 Å². The lowest BCUT2D eigenvalue weighted by molar-refractivity contribution is 0.0790. The summed E-state index contributed by atoms with van der Waals surface area (Å²) < 4.78 is 11.5. The monoisotopic (exact) mass is 320 g/mol. The Morgan fingerprint density at radius 3 is 2.79 bits per heavy atom. The molecule has 0 aliphatic carbocycles. The highest BCUT2D eigenvalue weighted by molar-refractivity contribution is 6.05. The van der Waals surface area contributed by atoms with Crippen LogP contribution < -0.4 is 14.8 Å². The molecule has 2 aromatic carbocycles. The van der Waals surface area contributed by atoms with Crippen molar-refractivity contribution in [3.63, 3.8) is 0 Å². The molecule has 120 valence electrons.